The molecule has 0 aliphatic carbocycles. The molecule has 4 heteroatoms. The van der Waals surface area contributed by atoms with E-state index in [2.05, 4.69) is 83.7 Å². The highest BCUT2D eigenvalue weighted by Crippen LogP contribution is 2.34. The number of hydrogen-bond acceptors (Lipinski definition) is 3. The first kappa shape index (κ1) is 14.0. The van der Waals surface area contributed by atoms with Gasteiger partial charge in [-0.25, -0.2) is 4.98 Å². The number of fused-ring (bicyclic) bond motifs is 1. The van der Waals surface area contributed by atoms with Gasteiger partial charge in [-0.15, -0.1) is 11.3 Å². The lowest BCUT2D eigenvalue weighted by atomic mass is 10.2. The van der Waals surface area contributed by atoms with Crippen LogP contribution in [0.5, 0.6) is 0 Å². The van der Waals surface area contributed by atoms with Gasteiger partial charge in [0.1, 0.15) is 17.2 Å². The standard InChI is InChI=1S/C19H17N3S/c1-13-7-3-4-9-15(13)20-19-17(16-10-6-12-23-16)21-18-14(2)8-5-11-22(18)19/h3-12,20H,1-2H3. The van der Waals surface area contributed by atoms with E-state index in [9.17, 15) is 0 Å². The second kappa shape index (κ2) is 5.56. The van der Waals surface area contributed by atoms with Crippen molar-refractivity contribution in [2.45, 2.75) is 13.8 Å². The maximum atomic E-state index is 4.89. The van der Waals surface area contributed by atoms with Crippen molar-refractivity contribution in [3.8, 4) is 10.6 Å². The lowest BCUT2D eigenvalue weighted by Crippen LogP contribution is -1.98. The Labute approximate surface area is 139 Å². The Bertz CT molecular complexity index is 968. The molecule has 3 aromatic heterocycles. The summed E-state index contributed by atoms with van der Waals surface area (Å²) in [5, 5.41) is 5.67. The van der Waals surface area contributed by atoms with E-state index in [1.807, 2.05) is 0 Å². The Morgan fingerprint density at radius 1 is 0.957 bits per heavy atom. The monoisotopic (exact) mass is 319 g/mol. The van der Waals surface area contributed by atoms with E-state index in [1.54, 1.807) is 11.3 Å². The molecule has 0 fully saturated rings. The smallest absolute Gasteiger partial charge is 0.144 e. The van der Waals surface area contributed by atoms with Crippen LogP contribution in [0.15, 0.2) is 60.1 Å². The van der Waals surface area contributed by atoms with Gasteiger partial charge >= 0.3 is 0 Å². The summed E-state index contributed by atoms with van der Waals surface area (Å²) in [5.41, 5.74) is 5.48. The molecule has 1 N–H and O–H groups in total. The molecular formula is C19H17N3S. The first-order valence-corrected chi connectivity index (χ1v) is 8.46. The van der Waals surface area contributed by atoms with Crippen LogP contribution >= 0.6 is 11.3 Å². The minimum Gasteiger partial charge on any atom is -0.339 e. The van der Waals surface area contributed by atoms with Gasteiger partial charge in [0.2, 0.25) is 0 Å². The molecule has 0 saturated carbocycles. The summed E-state index contributed by atoms with van der Waals surface area (Å²) >= 11 is 1.71. The fraction of sp³-hybridized carbons (Fsp3) is 0.105. The van der Waals surface area contributed by atoms with Crippen molar-refractivity contribution in [1.82, 2.24) is 9.38 Å². The number of rotatable bonds is 3. The lowest BCUT2D eigenvalue weighted by Gasteiger charge is -2.10. The molecule has 0 bridgehead atoms. The Kier molecular flexibility index (Phi) is 3.39. The van der Waals surface area contributed by atoms with E-state index in [1.165, 1.54) is 16.0 Å². The van der Waals surface area contributed by atoms with E-state index in [-0.39, 0.29) is 0 Å². The Hall–Kier alpha value is -2.59. The summed E-state index contributed by atoms with van der Waals surface area (Å²) in [6, 6.07) is 16.7. The molecule has 0 atom stereocenters. The van der Waals surface area contributed by atoms with Crippen molar-refractivity contribution in [2.75, 3.05) is 5.32 Å². The van der Waals surface area contributed by atoms with Crippen LogP contribution in [-0.2, 0) is 0 Å². The van der Waals surface area contributed by atoms with Crippen molar-refractivity contribution in [3.63, 3.8) is 0 Å². The van der Waals surface area contributed by atoms with Crippen LogP contribution in [0.1, 0.15) is 11.1 Å². The van der Waals surface area contributed by atoms with Gasteiger partial charge in [0.25, 0.3) is 0 Å². The first-order chi connectivity index (χ1) is 11.2. The van der Waals surface area contributed by atoms with Crippen molar-refractivity contribution in [2.24, 2.45) is 0 Å². The number of pyridine rings is 1. The summed E-state index contributed by atoms with van der Waals surface area (Å²) < 4.78 is 2.14. The van der Waals surface area contributed by atoms with Crippen molar-refractivity contribution >= 4 is 28.5 Å². The predicted octanol–water partition coefficient (Wildman–Crippen LogP) is 5.42. The molecule has 0 radical (unpaired) electrons. The quantitative estimate of drug-likeness (QED) is 0.546. The van der Waals surface area contributed by atoms with E-state index in [4.69, 9.17) is 4.98 Å². The normalized spacial score (nSPS) is 11.0. The molecule has 4 rings (SSSR count). The van der Waals surface area contributed by atoms with Crippen molar-refractivity contribution in [3.05, 3.63) is 71.2 Å². The summed E-state index contributed by atoms with van der Waals surface area (Å²) in [6.07, 6.45) is 2.06. The van der Waals surface area contributed by atoms with Crippen LogP contribution in [0.25, 0.3) is 16.2 Å². The van der Waals surface area contributed by atoms with Gasteiger partial charge in [-0.2, -0.15) is 0 Å². The minimum atomic E-state index is 0.993. The molecule has 0 unspecified atom stereocenters. The average Bonchev–Trinajstić information content (AvgIpc) is 3.18. The Morgan fingerprint density at radius 3 is 2.57 bits per heavy atom. The molecule has 0 saturated heterocycles. The molecule has 0 spiro atoms. The van der Waals surface area contributed by atoms with Crippen molar-refractivity contribution in [1.29, 1.82) is 0 Å². The number of benzene rings is 1. The number of nitrogens with one attached hydrogen (secondary N) is 1. The van der Waals surface area contributed by atoms with Crippen LogP contribution in [0.4, 0.5) is 11.5 Å². The van der Waals surface area contributed by atoms with Gasteiger partial charge in [-0.1, -0.05) is 30.3 Å². The molecule has 23 heavy (non-hydrogen) atoms. The number of aromatic nitrogens is 2. The highest BCUT2D eigenvalue weighted by Gasteiger charge is 2.16. The molecule has 114 valence electrons. The third kappa shape index (κ3) is 2.41. The second-order valence-corrected chi connectivity index (χ2v) is 6.56. The number of aryl methyl sites for hydroxylation is 2. The zero-order chi connectivity index (χ0) is 15.8. The SMILES string of the molecule is Cc1ccccc1Nc1c(-c2cccs2)nc2c(C)cccn12. The maximum absolute atomic E-state index is 4.89. The van der Waals surface area contributed by atoms with Gasteiger partial charge in [0.15, 0.2) is 0 Å². The van der Waals surface area contributed by atoms with E-state index in [0.29, 0.717) is 0 Å². The fourth-order valence-electron chi connectivity index (χ4n) is 2.75. The second-order valence-electron chi connectivity index (χ2n) is 5.61. The molecular weight excluding hydrogens is 302 g/mol. The van der Waals surface area contributed by atoms with E-state index in [0.717, 1.165) is 22.8 Å². The van der Waals surface area contributed by atoms with E-state index < -0.39 is 0 Å². The van der Waals surface area contributed by atoms with Gasteiger partial charge in [0.05, 0.1) is 4.88 Å². The summed E-state index contributed by atoms with van der Waals surface area (Å²) in [5.74, 6) is 1.01. The zero-order valence-corrected chi connectivity index (χ0v) is 13.9. The maximum Gasteiger partial charge on any atom is 0.144 e. The molecule has 1 aromatic carbocycles. The highest BCUT2D eigenvalue weighted by atomic mass is 32.1. The summed E-state index contributed by atoms with van der Waals surface area (Å²) in [4.78, 5) is 6.06. The van der Waals surface area contributed by atoms with Crippen LogP contribution in [-0.4, -0.2) is 9.38 Å². The highest BCUT2D eigenvalue weighted by molar-refractivity contribution is 7.13. The molecule has 3 nitrogen and oxygen atoms in total. The van der Waals surface area contributed by atoms with Crippen LogP contribution in [0.2, 0.25) is 0 Å². The van der Waals surface area contributed by atoms with Crippen molar-refractivity contribution < 1.29 is 0 Å². The van der Waals surface area contributed by atoms with Crippen LogP contribution in [0, 0.1) is 13.8 Å². The molecule has 3 heterocycles. The number of hydrogen-bond donors (Lipinski definition) is 1. The zero-order valence-electron chi connectivity index (χ0n) is 13.1. The number of thiophene rings is 1. The average molecular weight is 319 g/mol. The van der Waals surface area contributed by atoms with Gasteiger partial charge < -0.3 is 5.32 Å². The predicted molar refractivity (Wildman–Crippen MR) is 97.7 cm³/mol. The Morgan fingerprint density at radius 2 is 1.78 bits per heavy atom. The Balaban J connectivity index is 1.95. The molecule has 4 aromatic rings. The summed E-state index contributed by atoms with van der Waals surface area (Å²) in [7, 11) is 0. The number of imidazole rings is 1. The van der Waals surface area contributed by atoms with Crippen LogP contribution in [0.3, 0.4) is 0 Å². The minimum absolute atomic E-state index is 0.993. The molecule has 0 amide bonds. The van der Waals surface area contributed by atoms with Gasteiger partial charge in [0, 0.05) is 11.9 Å². The third-order valence-corrected chi connectivity index (χ3v) is 4.87. The summed E-state index contributed by atoms with van der Waals surface area (Å²) in [6.45, 7) is 4.21. The molecule has 0 aliphatic heterocycles. The topological polar surface area (TPSA) is 29.3 Å². The van der Waals surface area contributed by atoms with Gasteiger partial charge in [-0.3, -0.25) is 4.40 Å². The fourth-order valence-corrected chi connectivity index (χ4v) is 3.46. The van der Waals surface area contributed by atoms with Gasteiger partial charge in [-0.05, 0) is 48.6 Å². The molecule has 0 aliphatic rings. The third-order valence-electron chi connectivity index (χ3n) is 4.00. The number of anilines is 2. The first-order valence-electron chi connectivity index (χ1n) is 7.58. The van der Waals surface area contributed by atoms with E-state index >= 15 is 0 Å². The lowest BCUT2D eigenvalue weighted by molar-refractivity contribution is 1.16. The largest absolute Gasteiger partial charge is 0.339 e. The number of para-hydroxylation sites is 1. The number of nitrogens with zero attached hydrogens (tertiary/aromatic N) is 2. The van der Waals surface area contributed by atoms with Crippen LogP contribution < -0.4 is 5.32 Å².